The number of carbonyl (C=O) groups is 1. The summed E-state index contributed by atoms with van der Waals surface area (Å²) in [5.41, 5.74) is 3.50. The van der Waals surface area contributed by atoms with Crippen LogP contribution in [0.2, 0.25) is 0 Å². The number of aromatic nitrogens is 2. The molecule has 4 aromatic rings. The molecule has 26 heavy (non-hydrogen) atoms. The molecule has 0 aliphatic carbocycles. The number of aryl methyl sites for hydroxylation is 1. The Bertz CT molecular complexity index is 1040. The number of anilines is 1. The van der Waals surface area contributed by atoms with Crippen molar-refractivity contribution in [3.63, 3.8) is 0 Å². The van der Waals surface area contributed by atoms with Gasteiger partial charge in [0.05, 0.1) is 4.88 Å². The van der Waals surface area contributed by atoms with Crippen molar-refractivity contribution in [3.8, 4) is 22.8 Å². The fourth-order valence-electron chi connectivity index (χ4n) is 2.49. The highest BCUT2D eigenvalue weighted by atomic mass is 32.1. The van der Waals surface area contributed by atoms with Crippen LogP contribution >= 0.6 is 11.3 Å². The predicted octanol–water partition coefficient (Wildman–Crippen LogP) is 5.03. The zero-order valence-corrected chi connectivity index (χ0v) is 14.8. The monoisotopic (exact) mass is 361 g/mol. The van der Waals surface area contributed by atoms with Crippen molar-refractivity contribution in [2.24, 2.45) is 0 Å². The molecular weight excluding hydrogens is 346 g/mol. The molecule has 0 aliphatic heterocycles. The summed E-state index contributed by atoms with van der Waals surface area (Å²) in [7, 11) is 0. The van der Waals surface area contributed by atoms with Gasteiger partial charge in [-0.25, -0.2) is 0 Å². The molecule has 2 aromatic heterocycles. The lowest BCUT2D eigenvalue weighted by atomic mass is 10.1. The molecule has 0 saturated heterocycles. The van der Waals surface area contributed by atoms with Gasteiger partial charge in [0.15, 0.2) is 0 Å². The smallest absolute Gasteiger partial charge is 0.265 e. The predicted molar refractivity (Wildman–Crippen MR) is 102 cm³/mol. The summed E-state index contributed by atoms with van der Waals surface area (Å²) in [6.45, 7) is 2.03. The Morgan fingerprint density at radius 1 is 1.04 bits per heavy atom. The largest absolute Gasteiger partial charge is 0.334 e. The van der Waals surface area contributed by atoms with E-state index in [9.17, 15) is 4.79 Å². The van der Waals surface area contributed by atoms with E-state index in [1.165, 1.54) is 16.9 Å². The molecule has 5 nitrogen and oxygen atoms in total. The summed E-state index contributed by atoms with van der Waals surface area (Å²) >= 11 is 1.40. The number of hydrogen-bond acceptors (Lipinski definition) is 5. The minimum atomic E-state index is -0.136. The molecule has 1 amide bonds. The molecule has 1 N–H and O–H groups in total. The van der Waals surface area contributed by atoms with Crippen molar-refractivity contribution in [2.75, 3.05) is 5.32 Å². The lowest BCUT2D eigenvalue weighted by molar-refractivity contribution is 0.103. The first-order chi connectivity index (χ1) is 12.7. The van der Waals surface area contributed by atoms with E-state index >= 15 is 0 Å². The van der Waals surface area contributed by atoms with Crippen LogP contribution in [-0.2, 0) is 0 Å². The number of hydrogen-bond donors (Lipinski definition) is 1. The van der Waals surface area contributed by atoms with Crippen LogP contribution in [0.3, 0.4) is 0 Å². The van der Waals surface area contributed by atoms with Crippen molar-refractivity contribution >= 4 is 22.9 Å². The molecule has 0 spiro atoms. The summed E-state index contributed by atoms with van der Waals surface area (Å²) < 4.78 is 5.40. The van der Waals surface area contributed by atoms with Gasteiger partial charge in [0.1, 0.15) is 0 Å². The molecule has 0 saturated carbocycles. The molecule has 2 aromatic carbocycles. The van der Waals surface area contributed by atoms with Gasteiger partial charge in [-0.05, 0) is 36.6 Å². The first-order valence-electron chi connectivity index (χ1n) is 8.05. The van der Waals surface area contributed by atoms with Gasteiger partial charge in [-0.3, -0.25) is 4.79 Å². The second kappa shape index (κ2) is 6.93. The first-order valence-corrected chi connectivity index (χ1v) is 8.93. The topological polar surface area (TPSA) is 68.0 Å². The van der Waals surface area contributed by atoms with Crippen LogP contribution in [0.25, 0.3) is 22.8 Å². The van der Waals surface area contributed by atoms with Gasteiger partial charge in [0, 0.05) is 16.8 Å². The lowest BCUT2D eigenvalue weighted by Crippen LogP contribution is -2.09. The number of nitrogens with zero attached hydrogens (tertiary/aromatic N) is 2. The van der Waals surface area contributed by atoms with Crippen LogP contribution in [0, 0.1) is 6.92 Å². The normalized spacial score (nSPS) is 10.7. The van der Waals surface area contributed by atoms with Crippen molar-refractivity contribution in [2.45, 2.75) is 6.92 Å². The Balaban J connectivity index is 1.57. The maximum absolute atomic E-state index is 12.2. The van der Waals surface area contributed by atoms with Crippen molar-refractivity contribution in [3.05, 3.63) is 76.5 Å². The molecule has 0 bridgehead atoms. The van der Waals surface area contributed by atoms with Crippen LogP contribution in [0.4, 0.5) is 5.69 Å². The van der Waals surface area contributed by atoms with E-state index in [0.29, 0.717) is 22.3 Å². The van der Waals surface area contributed by atoms with E-state index in [1.54, 1.807) is 6.07 Å². The molecule has 0 radical (unpaired) electrons. The average Bonchev–Trinajstić information content (AvgIpc) is 3.35. The van der Waals surface area contributed by atoms with E-state index in [-0.39, 0.29) is 5.91 Å². The molecule has 4 rings (SSSR count). The van der Waals surface area contributed by atoms with Crippen molar-refractivity contribution in [1.82, 2.24) is 10.1 Å². The minimum Gasteiger partial charge on any atom is -0.334 e. The molecule has 0 fully saturated rings. The summed E-state index contributed by atoms with van der Waals surface area (Å²) in [6.07, 6.45) is 0. The molecule has 0 aliphatic rings. The maximum Gasteiger partial charge on any atom is 0.265 e. The number of carbonyl (C=O) groups excluding carboxylic acids is 1. The van der Waals surface area contributed by atoms with Gasteiger partial charge in [-0.1, -0.05) is 47.1 Å². The minimum absolute atomic E-state index is 0.136. The number of thiophene rings is 1. The van der Waals surface area contributed by atoms with Crippen LogP contribution < -0.4 is 5.32 Å². The van der Waals surface area contributed by atoms with Crippen LogP contribution in [0.1, 0.15) is 15.2 Å². The third kappa shape index (κ3) is 3.41. The number of nitrogens with one attached hydrogen (secondary N) is 1. The Morgan fingerprint density at radius 3 is 2.65 bits per heavy atom. The molecule has 128 valence electrons. The molecule has 6 heteroatoms. The van der Waals surface area contributed by atoms with E-state index < -0.39 is 0 Å². The zero-order valence-electron chi connectivity index (χ0n) is 14.0. The van der Waals surface area contributed by atoms with Crippen molar-refractivity contribution < 1.29 is 9.32 Å². The van der Waals surface area contributed by atoms with Gasteiger partial charge in [0.25, 0.3) is 11.8 Å². The lowest BCUT2D eigenvalue weighted by Gasteiger charge is -2.04. The van der Waals surface area contributed by atoms with Crippen LogP contribution in [0.5, 0.6) is 0 Å². The first kappa shape index (κ1) is 16.2. The SMILES string of the molecule is Cc1ccc(-c2noc(-c3cccc(NC(=O)c4cccs4)c3)n2)cc1. The fourth-order valence-corrected chi connectivity index (χ4v) is 3.11. The molecular formula is C20H15N3O2S. The van der Waals surface area contributed by atoms with Crippen LogP contribution in [-0.4, -0.2) is 16.0 Å². The Labute approximate surface area is 154 Å². The fraction of sp³-hybridized carbons (Fsp3) is 0.0500. The number of amides is 1. The highest BCUT2D eigenvalue weighted by Gasteiger charge is 2.12. The average molecular weight is 361 g/mol. The third-order valence-electron chi connectivity index (χ3n) is 3.85. The van der Waals surface area contributed by atoms with Gasteiger partial charge in [-0.15, -0.1) is 11.3 Å². The van der Waals surface area contributed by atoms with Crippen LogP contribution in [0.15, 0.2) is 70.6 Å². The van der Waals surface area contributed by atoms with E-state index in [4.69, 9.17) is 4.52 Å². The summed E-state index contributed by atoms with van der Waals surface area (Å²) in [6, 6.07) is 18.9. The highest BCUT2D eigenvalue weighted by molar-refractivity contribution is 7.12. The van der Waals surface area contributed by atoms with Gasteiger partial charge < -0.3 is 9.84 Å². The van der Waals surface area contributed by atoms with Crippen molar-refractivity contribution in [1.29, 1.82) is 0 Å². The van der Waals surface area contributed by atoms with E-state index in [2.05, 4.69) is 15.5 Å². The summed E-state index contributed by atoms with van der Waals surface area (Å²) in [5, 5.41) is 8.80. The number of rotatable bonds is 4. The van der Waals surface area contributed by atoms with Gasteiger partial charge in [0.2, 0.25) is 5.82 Å². The second-order valence-corrected chi connectivity index (χ2v) is 6.75. The van der Waals surface area contributed by atoms with E-state index in [1.807, 2.05) is 66.9 Å². The maximum atomic E-state index is 12.2. The quantitative estimate of drug-likeness (QED) is 0.554. The highest BCUT2D eigenvalue weighted by Crippen LogP contribution is 2.25. The van der Waals surface area contributed by atoms with Gasteiger partial charge >= 0.3 is 0 Å². The standard InChI is InChI=1S/C20H15N3O2S/c1-13-7-9-14(10-8-13)18-22-20(25-23-18)15-4-2-5-16(12-15)21-19(24)17-6-3-11-26-17/h2-12H,1H3,(H,21,24). The molecule has 0 unspecified atom stereocenters. The molecule has 0 atom stereocenters. The van der Waals surface area contributed by atoms with Gasteiger partial charge in [-0.2, -0.15) is 4.98 Å². The Hall–Kier alpha value is -3.25. The zero-order chi connectivity index (χ0) is 17.9. The molecule has 2 heterocycles. The second-order valence-electron chi connectivity index (χ2n) is 5.80. The van der Waals surface area contributed by atoms with E-state index in [0.717, 1.165) is 11.1 Å². The number of benzene rings is 2. The third-order valence-corrected chi connectivity index (χ3v) is 4.72. The summed E-state index contributed by atoms with van der Waals surface area (Å²) in [5.74, 6) is 0.809. The Kier molecular flexibility index (Phi) is 4.33. The summed E-state index contributed by atoms with van der Waals surface area (Å²) in [4.78, 5) is 17.3. The Morgan fingerprint density at radius 2 is 1.88 bits per heavy atom.